The monoisotopic (exact) mass is 330 g/mol. The molecule has 1 spiro atoms. The highest BCUT2D eigenvalue weighted by Crippen LogP contribution is 2.57. The molecule has 4 rings (SSSR count). The van der Waals surface area contributed by atoms with E-state index >= 15 is 0 Å². The van der Waals surface area contributed by atoms with E-state index in [0.717, 1.165) is 38.7 Å². The molecule has 3 saturated carbocycles. The van der Waals surface area contributed by atoms with Crippen molar-refractivity contribution in [3.63, 3.8) is 0 Å². The van der Waals surface area contributed by atoms with Gasteiger partial charge in [-0.3, -0.25) is 4.79 Å². The zero-order valence-corrected chi connectivity index (χ0v) is 14.7. The van der Waals surface area contributed by atoms with Crippen LogP contribution in [0.15, 0.2) is 24.5 Å². The van der Waals surface area contributed by atoms with E-state index < -0.39 is 0 Å². The summed E-state index contributed by atoms with van der Waals surface area (Å²) >= 11 is 0. The molecule has 2 atom stereocenters. The summed E-state index contributed by atoms with van der Waals surface area (Å²) in [5, 5.41) is 3.39. The smallest absolute Gasteiger partial charge is 0.223 e. The van der Waals surface area contributed by atoms with Gasteiger partial charge in [0.1, 0.15) is 0 Å². The van der Waals surface area contributed by atoms with Crippen LogP contribution in [0.4, 0.5) is 0 Å². The van der Waals surface area contributed by atoms with E-state index in [1.54, 1.807) is 0 Å². The molecule has 0 aromatic carbocycles. The molecule has 3 fully saturated rings. The molecule has 1 heterocycles. The first-order valence-corrected chi connectivity index (χ1v) is 9.77. The molecule has 4 heteroatoms. The van der Waals surface area contributed by atoms with E-state index in [4.69, 9.17) is 4.74 Å². The van der Waals surface area contributed by atoms with E-state index in [-0.39, 0.29) is 11.3 Å². The third-order valence-electron chi connectivity index (χ3n) is 6.87. The van der Waals surface area contributed by atoms with Crippen molar-refractivity contribution in [3.8, 4) is 0 Å². The Balaban J connectivity index is 1.28. The first-order valence-electron chi connectivity index (χ1n) is 9.77. The van der Waals surface area contributed by atoms with Gasteiger partial charge in [-0.1, -0.05) is 6.42 Å². The average Bonchev–Trinajstić information content (AvgIpc) is 3.06. The van der Waals surface area contributed by atoms with Crippen molar-refractivity contribution in [2.45, 2.75) is 76.5 Å². The number of nitrogens with zero attached hydrogens (tertiary/aromatic N) is 1. The Bertz CT molecular complexity index is 556. The Kier molecular flexibility index (Phi) is 4.42. The van der Waals surface area contributed by atoms with Crippen molar-refractivity contribution in [3.05, 3.63) is 24.5 Å². The minimum absolute atomic E-state index is 0.208. The van der Waals surface area contributed by atoms with E-state index in [9.17, 15) is 4.79 Å². The summed E-state index contributed by atoms with van der Waals surface area (Å²) in [4.78, 5) is 12.7. The minimum Gasteiger partial charge on any atom is -0.378 e. The predicted octanol–water partition coefficient (Wildman–Crippen LogP) is 3.68. The molecule has 0 saturated heterocycles. The molecule has 0 aliphatic heterocycles. The number of rotatable bonds is 5. The van der Waals surface area contributed by atoms with Gasteiger partial charge in [0.25, 0.3) is 0 Å². The standard InChI is InChI=1S/C20H30N2O2/c1-2-24-18-14-17(20(18)10-5-11-20)21-19(23)15-6-8-16(9-7-15)22-12-3-4-13-22/h3-4,12-13,15-18H,2,5-11,14H2,1H3,(H,21,23). The van der Waals surface area contributed by atoms with Gasteiger partial charge in [-0.2, -0.15) is 0 Å². The molecule has 2 unspecified atom stereocenters. The van der Waals surface area contributed by atoms with E-state index in [2.05, 4.69) is 41.3 Å². The van der Waals surface area contributed by atoms with Crippen molar-refractivity contribution in [1.29, 1.82) is 0 Å². The van der Waals surface area contributed by atoms with Gasteiger partial charge in [-0.05, 0) is 64.0 Å². The van der Waals surface area contributed by atoms with Crippen LogP contribution < -0.4 is 5.32 Å². The van der Waals surface area contributed by atoms with Crippen molar-refractivity contribution < 1.29 is 9.53 Å². The molecular formula is C20H30N2O2. The topological polar surface area (TPSA) is 43.3 Å². The lowest BCUT2D eigenvalue weighted by Crippen LogP contribution is -2.68. The van der Waals surface area contributed by atoms with Crippen LogP contribution in [0.1, 0.15) is 64.3 Å². The molecule has 3 aliphatic carbocycles. The van der Waals surface area contributed by atoms with Crippen LogP contribution in [0.2, 0.25) is 0 Å². The fourth-order valence-electron chi connectivity index (χ4n) is 5.16. The summed E-state index contributed by atoms with van der Waals surface area (Å²) < 4.78 is 8.20. The molecule has 1 aromatic rings. The van der Waals surface area contributed by atoms with Gasteiger partial charge in [0.15, 0.2) is 0 Å². The normalized spacial score (nSPS) is 34.4. The molecule has 4 nitrogen and oxygen atoms in total. The van der Waals surface area contributed by atoms with E-state index in [1.807, 2.05) is 0 Å². The summed E-state index contributed by atoms with van der Waals surface area (Å²) in [5.74, 6) is 0.507. The average molecular weight is 330 g/mol. The number of hydrogen-bond donors (Lipinski definition) is 1. The molecule has 1 aromatic heterocycles. The van der Waals surface area contributed by atoms with Gasteiger partial charge in [0, 0.05) is 42.4 Å². The van der Waals surface area contributed by atoms with Crippen LogP contribution in [0.5, 0.6) is 0 Å². The van der Waals surface area contributed by atoms with Gasteiger partial charge in [0.05, 0.1) is 6.10 Å². The van der Waals surface area contributed by atoms with Gasteiger partial charge < -0.3 is 14.6 Å². The van der Waals surface area contributed by atoms with Gasteiger partial charge in [-0.15, -0.1) is 0 Å². The lowest BCUT2D eigenvalue weighted by Gasteiger charge is -2.61. The number of amides is 1. The molecule has 0 bridgehead atoms. The number of aromatic nitrogens is 1. The maximum atomic E-state index is 12.7. The molecule has 24 heavy (non-hydrogen) atoms. The summed E-state index contributed by atoms with van der Waals surface area (Å²) in [6, 6.07) is 5.11. The van der Waals surface area contributed by atoms with Crippen molar-refractivity contribution in [2.75, 3.05) is 6.61 Å². The zero-order chi connectivity index (χ0) is 16.6. The van der Waals surface area contributed by atoms with Crippen LogP contribution in [-0.2, 0) is 9.53 Å². The summed E-state index contributed by atoms with van der Waals surface area (Å²) in [5.41, 5.74) is 0.272. The molecule has 132 valence electrons. The van der Waals surface area contributed by atoms with E-state index in [1.165, 1.54) is 19.3 Å². The number of nitrogens with one attached hydrogen (secondary N) is 1. The third-order valence-corrected chi connectivity index (χ3v) is 6.87. The lowest BCUT2D eigenvalue weighted by molar-refractivity contribution is -0.177. The highest BCUT2D eigenvalue weighted by Gasteiger charge is 2.59. The first kappa shape index (κ1) is 16.2. The summed E-state index contributed by atoms with van der Waals surface area (Å²) in [6.45, 7) is 2.86. The van der Waals surface area contributed by atoms with Gasteiger partial charge in [0.2, 0.25) is 5.91 Å². The van der Waals surface area contributed by atoms with Crippen LogP contribution in [0, 0.1) is 11.3 Å². The summed E-state index contributed by atoms with van der Waals surface area (Å²) in [6.07, 6.45) is 13.7. The minimum atomic E-state index is 0.208. The number of carbonyl (C=O) groups is 1. The molecule has 1 N–H and O–H groups in total. The quantitative estimate of drug-likeness (QED) is 0.895. The Morgan fingerprint density at radius 3 is 2.50 bits per heavy atom. The Morgan fingerprint density at radius 2 is 1.92 bits per heavy atom. The fraction of sp³-hybridized carbons (Fsp3) is 0.750. The third kappa shape index (κ3) is 2.69. The highest BCUT2D eigenvalue weighted by molar-refractivity contribution is 5.79. The Hall–Kier alpha value is -1.29. The Labute approximate surface area is 144 Å². The zero-order valence-electron chi connectivity index (χ0n) is 14.7. The van der Waals surface area contributed by atoms with Gasteiger partial charge >= 0.3 is 0 Å². The first-order chi connectivity index (χ1) is 11.7. The molecule has 1 amide bonds. The Morgan fingerprint density at radius 1 is 1.21 bits per heavy atom. The number of ether oxygens (including phenoxy) is 1. The second-order valence-corrected chi connectivity index (χ2v) is 7.96. The lowest BCUT2D eigenvalue weighted by atomic mass is 9.51. The van der Waals surface area contributed by atoms with Crippen LogP contribution in [0.25, 0.3) is 0 Å². The maximum absolute atomic E-state index is 12.7. The van der Waals surface area contributed by atoms with Crippen LogP contribution >= 0.6 is 0 Å². The van der Waals surface area contributed by atoms with Crippen LogP contribution in [0.3, 0.4) is 0 Å². The second-order valence-electron chi connectivity index (χ2n) is 7.96. The summed E-state index contributed by atoms with van der Waals surface area (Å²) in [7, 11) is 0. The van der Waals surface area contributed by atoms with Gasteiger partial charge in [-0.25, -0.2) is 0 Å². The maximum Gasteiger partial charge on any atom is 0.223 e. The second kappa shape index (κ2) is 6.55. The largest absolute Gasteiger partial charge is 0.378 e. The predicted molar refractivity (Wildman–Crippen MR) is 93.7 cm³/mol. The number of carbonyl (C=O) groups excluding carboxylic acids is 1. The molecular weight excluding hydrogens is 300 g/mol. The van der Waals surface area contributed by atoms with E-state index in [0.29, 0.717) is 24.1 Å². The highest BCUT2D eigenvalue weighted by atomic mass is 16.5. The van der Waals surface area contributed by atoms with Crippen molar-refractivity contribution >= 4 is 5.91 Å². The molecule has 3 aliphatic rings. The number of hydrogen-bond acceptors (Lipinski definition) is 2. The molecule has 0 radical (unpaired) electrons. The SMILES string of the molecule is CCOC1CC(NC(=O)C2CCC(n3cccc3)CC2)C12CCC2. The van der Waals surface area contributed by atoms with Crippen LogP contribution in [-0.4, -0.2) is 29.2 Å². The van der Waals surface area contributed by atoms with Crippen molar-refractivity contribution in [1.82, 2.24) is 9.88 Å². The van der Waals surface area contributed by atoms with Crippen molar-refractivity contribution in [2.24, 2.45) is 11.3 Å². The fourth-order valence-corrected chi connectivity index (χ4v) is 5.16.